The molecule has 1 saturated heterocycles. The summed E-state index contributed by atoms with van der Waals surface area (Å²) in [5, 5.41) is 1.52. The van der Waals surface area contributed by atoms with E-state index in [9.17, 15) is 14.0 Å². The van der Waals surface area contributed by atoms with E-state index in [2.05, 4.69) is 4.98 Å². The fourth-order valence-electron chi connectivity index (χ4n) is 3.51. The molecule has 1 aromatic heterocycles. The van der Waals surface area contributed by atoms with Gasteiger partial charge in [0.1, 0.15) is 11.5 Å². The zero-order valence-corrected chi connectivity index (χ0v) is 15.9. The number of hydrogen-bond acceptors (Lipinski definition) is 2. The highest BCUT2D eigenvalue weighted by Crippen LogP contribution is 2.21. The maximum atomic E-state index is 13.9. The number of amides is 2. The van der Waals surface area contributed by atoms with E-state index in [1.54, 1.807) is 40.1 Å². The topological polar surface area (TPSA) is 56.4 Å². The summed E-state index contributed by atoms with van der Waals surface area (Å²) in [4.78, 5) is 32.0. The number of benzene rings is 2. The van der Waals surface area contributed by atoms with Gasteiger partial charge in [-0.3, -0.25) is 9.59 Å². The van der Waals surface area contributed by atoms with Gasteiger partial charge < -0.3 is 14.8 Å². The summed E-state index contributed by atoms with van der Waals surface area (Å²) < 4.78 is 13.9. The van der Waals surface area contributed by atoms with Gasteiger partial charge in [0.05, 0.1) is 5.56 Å². The lowest BCUT2D eigenvalue weighted by atomic mass is 10.2. The molecule has 5 nitrogen and oxygen atoms in total. The van der Waals surface area contributed by atoms with Crippen molar-refractivity contribution < 1.29 is 14.0 Å². The van der Waals surface area contributed by atoms with Gasteiger partial charge in [0, 0.05) is 42.1 Å². The number of aromatic amines is 1. The van der Waals surface area contributed by atoms with Gasteiger partial charge in [-0.2, -0.15) is 0 Å². The van der Waals surface area contributed by atoms with Crippen LogP contribution in [0.15, 0.2) is 48.5 Å². The lowest BCUT2D eigenvalue weighted by Crippen LogP contribution is -2.37. The van der Waals surface area contributed by atoms with E-state index in [1.807, 2.05) is 6.07 Å². The van der Waals surface area contributed by atoms with Crippen LogP contribution in [-0.4, -0.2) is 52.8 Å². The Hall–Kier alpha value is -2.86. The number of carbonyl (C=O) groups is 2. The highest BCUT2D eigenvalue weighted by atomic mass is 35.5. The van der Waals surface area contributed by atoms with Crippen molar-refractivity contribution in [3.8, 4) is 0 Å². The largest absolute Gasteiger partial charge is 0.350 e. The molecule has 3 aromatic rings. The van der Waals surface area contributed by atoms with Crippen LogP contribution in [0.5, 0.6) is 0 Å². The first-order valence-electron chi connectivity index (χ1n) is 9.14. The van der Waals surface area contributed by atoms with Crippen LogP contribution in [0.1, 0.15) is 27.3 Å². The first-order chi connectivity index (χ1) is 13.5. The van der Waals surface area contributed by atoms with Crippen LogP contribution >= 0.6 is 11.6 Å². The molecule has 0 atom stereocenters. The lowest BCUT2D eigenvalue weighted by Gasteiger charge is -2.22. The summed E-state index contributed by atoms with van der Waals surface area (Å²) >= 11 is 6.01. The van der Waals surface area contributed by atoms with E-state index in [4.69, 9.17) is 11.6 Å². The van der Waals surface area contributed by atoms with E-state index in [0.29, 0.717) is 43.3 Å². The molecule has 0 unspecified atom stereocenters. The summed E-state index contributed by atoms with van der Waals surface area (Å²) in [5.41, 5.74) is 1.36. The highest BCUT2D eigenvalue weighted by molar-refractivity contribution is 6.31. The first kappa shape index (κ1) is 18.5. The van der Waals surface area contributed by atoms with Crippen LogP contribution in [0.25, 0.3) is 10.9 Å². The second-order valence-corrected chi connectivity index (χ2v) is 7.27. The average molecular weight is 400 g/mol. The molecule has 2 heterocycles. The SMILES string of the molecule is O=C(c1cc2ccc(Cl)cc2[nH]1)N1CCCN(C(=O)c2ccccc2F)CC1. The fraction of sp³-hybridized carbons (Fsp3) is 0.238. The van der Waals surface area contributed by atoms with Crippen molar-refractivity contribution in [2.24, 2.45) is 0 Å². The summed E-state index contributed by atoms with van der Waals surface area (Å²) in [6.07, 6.45) is 0.637. The predicted octanol–water partition coefficient (Wildman–Crippen LogP) is 3.95. The zero-order chi connectivity index (χ0) is 19.7. The Morgan fingerprint density at radius 2 is 1.64 bits per heavy atom. The Kier molecular flexibility index (Phi) is 5.05. The number of fused-ring (bicyclic) bond motifs is 1. The zero-order valence-electron chi connectivity index (χ0n) is 15.1. The molecule has 0 radical (unpaired) electrons. The van der Waals surface area contributed by atoms with Crippen LogP contribution in [0, 0.1) is 5.82 Å². The van der Waals surface area contributed by atoms with Gasteiger partial charge in [0.15, 0.2) is 0 Å². The number of hydrogen-bond donors (Lipinski definition) is 1. The number of H-pyrrole nitrogens is 1. The second kappa shape index (κ2) is 7.64. The van der Waals surface area contributed by atoms with Crippen molar-refractivity contribution in [2.45, 2.75) is 6.42 Å². The molecule has 2 amide bonds. The Morgan fingerprint density at radius 3 is 2.39 bits per heavy atom. The third-order valence-electron chi connectivity index (χ3n) is 4.99. The first-order valence-corrected chi connectivity index (χ1v) is 9.52. The fourth-order valence-corrected chi connectivity index (χ4v) is 3.69. The normalized spacial score (nSPS) is 14.9. The molecular weight excluding hydrogens is 381 g/mol. The van der Waals surface area contributed by atoms with Crippen LogP contribution in [-0.2, 0) is 0 Å². The summed E-state index contributed by atoms with van der Waals surface area (Å²) in [7, 11) is 0. The molecule has 1 aliphatic heterocycles. The Morgan fingerprint density at radius 1 is 0.929 bits per heavy atom. The third kappa shape index (κ3) is 3.60. The van der Waals surface area contributed by atoms with Crippen molar-refractivity contribution in [3.63, 3.8) is 0 Å². The van der Waals surface area contributed by atoms with Gasteiger partial charge in [-0.1, -0.05) is 29.8 Å². The molecule has 0 aliphatic carbocycles. The van der Waals surface area contributed by atoms with Gasteiger partial charge >= 0.3 is 0 Å². The van der Waals surface area contributed by atoms with Crippen LogP contribution < -0.4 is 0 Å². The number of carbonyl (C=O) groups excluding carboxylic acids is 2. The lowest BCUT2D eigenvalue weighted by molar-refractivity contribution is 0.0714. The molecule has 4 rings (SSSR count). The maximum Gasteiger partial charge on any atom is 0.270 e. The maximum absolute atomic E-state index is 13.9. The van der Waals surface area contributed by atoms with Gasteiger partial charge in [0.25, 0.3) is 11.8 Å². The summed E-state index contributed by atoms with van der Waals surface area (Å²) in [6, 6.07) is 13.2. The number of rotatable bonds is 2. The van der Waals surface area contributed by atoms with Crippen molar-refractivity contribution in [1.29, 1.82) is 0 Å². The molecule has 0 saturated carbocycles. The predicted molar refractivity (Wildman–Crippen MR) is 106 cm³/mol. The van der Waals surface area contributed by atoms with Gasteiger partial charge in [-0.05, 0) is 36.8 Å². The monoisotopic (exact) mass is 399 g/mol. The second-order valence-electron chi connectivity index (χ2n) is 6.83. The van der Waals surface area contributed by atoms with Crippen LogP contribution in [0.2, 0.25) is 5.02 Å². The summed E-state index contributed by atoms with van der Waals surface area (Å²) in [5.74, 6) is -0.985. The standard InChI is InChI=1S/C21H19ClFN3O2/c22-15-7-6-14-12-19(24-18(14)13-15)21(28)26-9-3-8-25(10-11-26)20(27)16-4-1-2-5-17(16)23/h1-2,4-7,12-13,24H,3,8-11H2. The van der Waals surface area contributed by atoms with E-state index < -0.39 is 5.82 Å². The quantitative estimate of drug-likeness (QED) is 0.709. The van der Waals surface area contributed by atoms with Gasteiger partial charge in [-0.15, -0.1) is 0 Å². The molecule has 28 heavy (non-hydrogen) atoms. The molecule has 1 N–H and O–H groups in total. The van der Waals surface area contributed by atoms with Crippen molar-refractivity contribution in [2.75, 3.05) is 26.2 Å². The van der Waals surface area contributed by atoms with E-state index in [0.717, 1.165) is 10.9 Å². The smallest absolute Gasteiger partial charge is 0.270 e. The highest BCUT2D eigenvalue weighted by Gasteiger charge is 2.25. The Labute approximate surface area is 166 Å². The summed E-state index contributed by atoms with van der Waals surface area (Å²) in [6.45, 7) is 1.79. The van der Waals surface area contributed by atoms with Crippen molar-refractivity contribution in [3.05, 3.63) is 70.6 Å². The minimum Gasteiger partial charge on any atom is -0.350 e. The Bertz CT molecular complexity index is 1050. The Balaban J connectivity index is 1.48. The molecular formula is C21H19ClFN3O2. The van der Waals surface area contributed by atoms with Crippen molar-refractivity contribution in [1.82, 2.24) is 14.8 Å². The molecule has 1 fully saturated rings. The molecule has 0 bridgehead atoms. The van der Waals surface area contributed by atoms with E-state index in [-0.39, 0.29) is 17.4 Å². The number of halogens is 2. The number of nitrogens with one attached hydrogen (secondary N) is 1. The van der Waals surface area contributed by atoms with Crippen LogP contribution in [0.3, 0.4) is 0 Å². The molecule has 144 valence electrons. The van der Waals surface area contributed by atoms with Gasteiger partial charge in [-0.25, -0.2) is 4.39 Å². The van der Waals surface area contributed by atoms with Gasteiger partial charge in [0.2, 0.25) is 0 Å². The molecule has 0 spiro atoms. The van der Waals surface area contributed by atoms with Crippen LogP contribution in [0.4, 0.5) is 4.39 Å². The molecule has 7 heteroatoms. The minimum atomic E-state index is -0.526. The third-order valence-corrected chi connectivity index (χ3v) is 5.22. The van der Waals surface area contributed by atoms with Crippen molar-refractivity contribution >= 4 is 34.3 Å². The molecule has 2 aromatic carbocycles. The minimum absolute atomic E-state index is 0.0646. The molecule has 1 aliphatic rings. The average Bonchev–Trinajstić information content (AvgIpc) is 2.95. The number of aromatic nitrogens is 1. The van der Waals surface area contributed by atoms with E-state index >= 15 is 0 Å². The number of nitrogens with zero attached hydrogens (tertiary/aromatic N) is 2. The van der Waals surface area contributed by atoms with E-state index in [1.165, 1.54) is 12.1 Å².